The minimum Gasteiger partial charge on any atom is -0.379 e. The maximum absolute atomic E-state index is 4.43. The number of anilines is 1. The van der Waals surface area contributed by atoms with Gasteiger partial charge in [0, 0.05) is 11.1 Å². The zero-order valence-electron chi connectivity index (χ0n) is 9.65. The first-order valence-electron chi connectivity index (χ1n) is 5.64. The maximum atomic E-state index is 4.43. The monoisotopic (exact) mass is 256 g/mol. The fourth-order valence-corrected chi connectivity index (χ4v) is 2.23. The molecule has 1 N–H and O–H groups in total. The van der Waals surface area contributed by atoms with Gasteiger partial charge in [0.25, 0.3) is 0 Å². The quantitative estimate of drug-likeness (QED) is 0.780. The Hall–Kier alpha value is -2.14. The number of nitrogens with one attached hydrogen (secondary N) is 1. The predicted octanol–water partition coefficient (Wildman–Crippen LogP) is 2.94. The molecule has 0 fully saturated rings. The van der Waals surface area contributed by atoms with Gasteiger partial charge in [-0.2, -0.15) is 26.3 Å². The molecule has 1 aromatic carbocycles. The Morgan fingerprint density at radius 1 is 1.17 bits per heavy atom. The molecule has 0 saturated carbocycles. The summed E-state index contributed by atoms with van der Waals surface area (Å²) in [5, 5.41) is 16.1. The molecule has 18 heavy (non-hydrogen) atoms. The molecule has 0 bridgehead atoms. The summed E-state index contributed by atoms with van der Waals surface area (Å²) in [6.45, 7) is 0.684. The molecular weight excluding hydrogens is 244 g/mol. The summed E-state index contributed by atoms with van der Waals surface area (Å²) >= 11 is 1.67. The van der Waals surface area contributed by atoms with Gasteiger partial charge in [-0.25, -0.2) is 0 Å². The van der Waals surface area contributed by atoms with Gasteiger partial charge >= 0.3 is 0 Å². The maximum Gasteiger partial charge on any atom is 0.102 e. The van der Waals surface area contributed by atoms with Crippen molar-refractivity contribution in [3.63, 3.8) is 0 Å². The molecule has 3 aromatic rings. The molecule has 2 aromatic heterocycles. The van der Waals surface area contributed by atoms with Crippen LogP contribution in [0, 0.1) is 0 Å². The SMILES string of the molecule is c1ccc(-n2ncc(CNc3ccsc3)n2)cc1. The minimum absolute atomic E-state index is 0.684. The van der Waals surface area contributed by atoms with E-state index >= 15 is 0 Å². The van der Waals surface area contributed by atoms with E-state index in [1.807, 2.05) is 41.8 Å². The normalized spacial score (nSPS) is 10.4. The average Bonchev–Trinajstić information content (AvgIpc) is 3.09. The molecule has 5 heteroatoms. The van der Waals surface area contributed by atoms with E-state index in [1.54, 1.807) is 22.3 Å². The van der Waals surface area contributed by atoms with Gasteiger partial charge in [-0.05, 0) is 23.6 Å². The summed E-state index contributed by atoms with van der Waals surface area (Å²) in [4.78, 5) is 1.64. The Kier molecular flexibility index (Phi) is 3.06. The second-order valence-electron chi connectivity index (χ2n) is 3.83. The number of benzene rings is 1. The van der Waals surface area contributed by atoms with Crippen molar-refractivity contribution in [3.05, 3.63) is 59.0 Å². The molecule has 0 aliphatic heterocycles. The molecule has 0 aliphatic rings. The first kappa shape index (κ1) is 11.0. The third-order valence-corrected chi connectivity index (χ3v) is 3.20. The largest absolute Gasteiger partial charge is 0.379 e. The molecule has 0 amide bonds. The van der Waals surface area contributed by atoms with Gasteiger partial charge in [0.05, 0.1) is 18.4 Å². The van der Waals surface area contributed by atoms with Gasteiger partial charge in [-0.1, -0.05) is 18.2 Å². The fourth-order valence-electron chi connectivity index (χ4n) is 1.62. The smallest absolute Gasteiger partial charge is 0.102 e. The van der Waals surface area contributed by atoms with Crippen molar-refractivity contribution in [2.75, 3.05) is 5.32 Å². The first-order valence-corrected chi connectivity index (χ1v) is 6.59. The van der Waals surface area contributed by atoms with Crippen LogP contribution in [0.1, 0.15) is 5.69 Å². The van der Waals surface area contributed by atoms with E-state index in [-0.39, 0.29) is 0 Å². The Morgan fingerprint density at radius 3 is 2.83 bits per heavy atom. The number of rotatable bonds is 4. The molecule has 0 spiro atoms. The van der Waals surface area contributed by atoms with Crippen molar-refractivity contribution >= 4 is 17.0 Å². The molecular formula is C13H12N4S. The lowest BCUT2D eigenvalue weighted by atomic mass is 10.3. The third kappa shape index (κ3) is 2.41. The van der Waals surface area contributed by atoms with Crippen LogP contribution in [-0.2, 0) is 6.54 Å². The zero-order valence-corrected chi connectivity index (χ0v) is 10.5. The van der Waals surface area contributed by atoms with E-state index in [4.69, 9.17) is 0 Å². The number of hydrogen-bond donors (Lipinski definition) is 1. The lowest BCUT2D eigenvalue weighted by Crippen LogP contribution is -2.02. The lowest BCUT2D eigenvalue weighted by Gasteiger charge is -2.00. The van der Waals surface area contributed by atoms with Gasteiger partial charge in [-0.15, -0.1) is 0 Å². The Bertz CT molecular complexity index is 601. The van der Waals surface area contributed by atoms with Gasteiger partial charge in [0.1, 0.15) is 5.69 Å². The van der Waals surface area contributed by atoms with Crippen LogP contribution in [0.3, 0.4) is 0 Å². The van der Waals surface area contributed by atoms with Crippen LogP contribution in [0.4, 0.5) is 5.69 Å². The van der Waals surface area contributed by atoms with Crippen LogP contribution in [0.25, 0.3) is 5.69 Å². The van der Waals surface area contributed by atoms with Crippen molar-refractivity contribution in [1.29, 1.82) is 0 Å². The van der Waals surface area contributed by atoms with Crippen molar-refractivity contribution < 1.29 is 0 Å². The van der Waals surface area contributed by atoms with Crippen molar-refractivity contribution in [2.24, 2.45) is 0 Å². The molecule has 0 aliphatic carbocycles. The summed E-state index contributed by atoms with van der Waals surface area (Å²) in [6, 6.07) is 11.9. The van der Waals surface area contributed by atoms with Crippen molar-refractivity contribution in [2.45, 2.75) is 6.54 Å². The van der Waals surface area contributed by atoms with Crippen LogP contribution < -0.4 is 5.32 Å². The summed E-state index contributed by atoms with van der Waals surface area (Å²) in [7, 11) is 0. The van der Waals surface area contributed by atoms with Crippen LogP contribution >= 0.6 is 11.3 Å². The predicted molar refractivity (Wildman–Crippen MR) is 73.0 cm³/mol. The van der Waals surface area contributed by atoms with Gasteiger partial charge in [-0.3, -0.25) is 0 Å². The topological polar surface area (TPSA) is 42.7 Å². The van der Waals surface area contributed by atoms with Crippen LogP contribution in [-0.4, -0.2) is 15.0 Å². The average molecular weight is 256 g/mol. The standard InChI is InChI=1S/C13H12N4S/c1-2-4-13(5-3-1)17-15-9-12(16-17)8-14-11-6-7-18-10-11/h1-7,9-10,14H,8H2. The zero-order chi connectivity index (χ0) is 12.2. The van der Waals surface area contributed by atoms with Gasteiger partial charge in [0.2, 0.25) is 0 Å². The highest BCUT2D eigenvalue weighted by Crippen LogP contribution is 2.12. The second kappa shape index (κ2) is 5.01. The van der Waals surface area contributed by atoms with E-state index in [2.05, 4.69) is 20.9 Å². The Morgan fingerprint density at radius 2 is 2.06 bits per heavy atom. The highest BCUT2D eigenvalue weighted by Gasteiger charge is 2.02. The number of hydrogen-bond acceptors (Lipinski definition) is 4. The first-order chi connectivity index (χ1) is 8.92. The summed E-state index contributed by atoms with van der Waals surface area (Å²) < 4.78 is 0. The number of thiophene rings is 1. The van der Waals surface area contributed by atoms with Crippen molar-refractivity contribution in [3.8, 4) is 5.69 Å². The molecule has 4 nitrogen and oxygen atoms in total. The molecule has 0 saturated heterocycles. The molecule has 2 heterocycles. The van der Waals surface area contributed by atoms with Gasteiger partial charge in [0.15, 0.2) is 0 Å². The second-order valence-corrected chi connectivity index (χ2v) is 4.61. The minimum atomic E-state index is 0.684. The summed E-state index contributed by atoms with van der Waals surface area (Å²) in [5.74, 6) is 0. The fraction of sp³-hybridized carbons (Fsp3) is 0.0769. The van der Waals surface area contributed by atoms with E-state index in [9.17, 15) is 0 Å². The van der Waals surface area contributed by atoms with E-state index in [1.165, 1.54) is 0 Å². The highest BCUT2D eigenvalue weighted by molar-refractivity contribution is 7.08. The van der Waals surface area contributed by atoms with Crippen molar-refractivity contribution in [1.82, 2.24) is 15.0 Å². The highest BCUT2D eigenvalue weighted by atomic mass is 32.1. The van der Waals surface area contributed by atoms with Crippen LogP contribution in [0.15, 0.2) is 53.4 Å². The van der Waals surface area contributed by atoms with E-state index < -0.39 is 0 Å². The van der Waals surface area contributed by atoms with E-state index in [0.29, 0.717) is 6.54 Å². The molecule has 3 rings (SSSR count). The Balaban J connectivity index is 1.70. The molecule has 0 unspecified atom stereocenters. The van der Waals surface area contributed by atoms with E-state index in [0.717, 1.165) is 17.1 Å². The van der Waals surface area contributed by atoms with Gasteiger partial charge < -0.3 is 5.32 Å². The summed E-state index contributed by atoms with van der Waals surface area (Å²) in [6.07, 6.45) is 1.78. The number of para-hydroxylation sites is 1. The third-order valence-electron chi connectivity index (χ3n) is 2.52. The molecule has 0 radical (unpaired) electrons. The summed E-state index contributed by atoms with van der Waals surface area (Å²) in [5.41, 5.74) is 3.01. The number of nitrogens with zero attached hydrogens (tertiary/aromatic N) is 3. The number of aromatic nitrogens is 3. The Labute approximate surface area is 109 Å². The lowest BCUT2D eigenvalue weighted by molar-refractivity contribution is 0.740. The van der Waals surface area contributed by atoms with Crippen LogP contribution in [0.5, 0.6) is 0 Å². The van der Waals surface area contributed by atoms with Crippen LogP contribution in [0.2, 0.25) is 0 Å². The molecule has 0 atom stereocenters. The molecule has 90 valence electrons.